The molecule has 7 heteroatoms. The molecule has 3 rings (SSSR count). The van der Waals surface area contributed by atoms with Gasteiger partial charge < -0.3 is 14.4 Å². The monoisotopic (exact) mass is 352 g/mol. The number of likely N-dealkylation sites (tertiary alicyclic amines) is 2. The van der Waals surface area contributed by atoms with Gasteiger partial charge in [-0.25, -0.2) is 0 Å². The Kier molecular flexibility index (Phi) is 6.16. The summed E-state index contributed by atoms with van der Waals surface area (Å²) in [5.74, 6) is 1.85. The molecule has 0 aliphatic carbocycles. The molecule has 1 N–H and O–H groups in total. The van der Waals surface area contributed by atoms with E-state index < -0.39 is 0 Å². The molecular formula is C17H30N5OS+. The normalized spacial score (nSPS) is 25.5. The Morgan fingerprint density at radius 2 is 1.96 bits per heavy atom. The standard InChI is InChI=1S/C17H29N5OS/c1-20-16(18-19-17(20)24-2)14-8-7-9-21(12-14)13-15(23)22-10-5-3-4-6-11-22/h14H,3-13H2,1-2H3/p+1/t14-/m0/s1. The lowest BCUT2D eigenvalue weighted by molar-refractivity contribution is -0.898. The minimum absolute atomic E-state index is 0.343. The molecular weight excluding hydrogens is 322 g/mol. The smallest absolute Gasteiger partial charge is 0.277 e. The Labute approximate surface area is 149 Å². The van der Waals surface area contributed by atoms with Crippen LogP contribution in [0.25, 0.3) is 0 Å². The molecule has 1 aromatic rings. The number of aromatic nitrogens is 3. The molecule has 6 nitrogen and oxygen atoms in total. The quantitative estimate of drug-likeness (QED) is 0.811. The van der Waals surface area contributed by atoms with Crippen LogP contribution in [0.5, 0.6) is 0 Å². The highest BCUT2D eigenvalue weighted by Crippen LogP contribution is 2.22. The third-order valence-electron chi connectivity index (χ3n) is 5.39. The fourth-order valence-electron chi connectivity index (χ4n) is 4.04. The Hall–Kier alpha value is -1.08. The summed E-state index contributed by atoms with van der Waals surface area (Å²) < 4.78 is 2.12. The number of hydrogen-bond acceptors (Lipinski definition) is 4. The van der Waals surface area contributed by atoms with Crippen LogP contribution in [0.4, 0.5) is 0 Å². The third kappa shape index (κ3) is 4.11. The zero-order chi connectivity index (χ0) is 16.9. The van der Waals surface area contributed by atoms with Crippen LogP contribution >= 0.6 is 11.8 Å². The fraction of sp³-hybridized carbons (Fsp3) is 0.824. The van der Waals surface area contributed by atoms with Gasteiger partial charge in [-0.2, -0.15) is 0 Å². The summed E-state index contributed by atoms with van der Waals surface area (Å²) >= 11 is 1.63. The molecule has 0 aromatic carbocycles. The van der Waals surface area contributed by atoms with E-state index in [0.717, 1.165) is 50.0 Å². The fourth-order valence-corrected chi connectivity index (χ4v) is 4.53. The Balaban J connectivity index is 1.58. The van der Waals surface area contributed by atoms with Gasteiger partial charge in [0.15, 0.2) is 11.7 Å². The first-order valence-corrected chi connectivity index (χ1v) is 10.5. The molecule has 1 aromatic heterocycles. The maximum atomic E-state index is 12.6. The number of carbonyl (C=O) groups is 1. The average Bonchev–Trinajstić information content (AvgIpc) is 2.79. The van der Waals surface area contributed by atoms with Gasteiger partial charge in [-0.05, 0) is 31.9 Å². The molecule has 2 aliphatic heterocycles. The maximum absolute atomic E-state index is 12.6. The number of amides is 1. The highest BCUT2D eigenvalue weighted by molar-refractivity contribution is 7.98. The molecule has 2 aliphatic rings. The first-order chi connectivity index (χ1) is 11.7. The zero-order valence-corrected chi connectivity index (χ0v) is 15.8. The van der Waals surface area contributed by atoms with E-state index in [1.165, 1.54) is 30.6 Å². The van der Waals surface area contributed by atoms with Crippen LogP contribution in [0.2, 0.25) is 0 Å². The van der Waals surface area contributed by atoms with Crippen LogP contribution in [0, 0.1) is 0 Å². The summed E-state index contributed by atoms with van der Waals surface area (Å²) in [5, 5.41) is 9.65. The average molecular weight is 353 g/mol. The summed E-state index contributed by atoms with van der Waals surface area (Å²) in [6.45, 7) is 4.65. The van der Waals surface area contributed by atoms with E-state index in [-0.39, 0.29) is 0 Å². The second-order valence-corrected chi connectivity index (χ2v) is 7.89. The first kappa shape index (κ1) is 17.7. The van der Waals surface area contributed by atoms with Crippen molar-refractivity contribution in [2.45, 2.75) is 49.6 Å². The van der Waals surface area contributed by atoms with Crippen LogP contribution in [0.15, 0.2) is 5.16 Å². The number of rotatable bonds is 4. The molecule has 0 radical (unpaired) electrons. The molecule has 3 heterocycles. The molecule has 0 bridgehead atoms. The molecule has 2 saturated heterocycles. The van der Waals surface area contributed by atoms with Crippen molar-refractivity contribution >= 4 is 17.7 Å². The summed E-state index contributed by atoms with van der Waals surface area (Å²) in [6.07, 6.45) is 9.22. The number of carbonyl (C=O) groups excluding carboxylic acids is 1. The molecule has 2 fully saturated rings. The van der Waals surface area contributed by atoms with Gasteiger partial charge in [-0.15, -0.1) is 10.2 Å². The molecule has 0 spiro atoms. The van der Waals surface area contributed by atoms with Crippen molar-refractivity contribution in [1.82, 2.24) is 19.7 Å². The van der Waals surface area contributed by atoms with E-state index >= 15 is 0 Å². The molecule has 24 heavy (non-hydrogen) atoms. The molecule has 134 valence electrons. The van der Waals surface area contributed by atoms with Gasteiger partial charge in [0, 0.05) is 20.1 Å². The highest BCUT2D eigenvalue weighted by Gasteiger charge is 2.30. The molecule has 1 amide bonds. The third-order valence-corrected chi connectivity index (χ3v) is 6.11. The van der Waals surface area contributed by atoms with Crippen LogP contribution < -0.4 is 4.90 Å². The van der Waals surface area contributed by atoms with Gasteiger partial charge in [-0.1, -0.05) is 24.6 Å². The predicted molar refractivity (Wildman–Crippen MR) is 95.4 cm³/mol. The summed E-state index contributed by atoms with van der Waals surface area (Å²) in [6, 6.07) is 0. The maximum Gasteiger partial charge on any atom is 0.277 e. The Morgan fingerprint density at radius 1 is 1.21 bits per heavy atom. The van der Waals surface area contributed by atoms with Crippen molar-refractivity contribution in [2.24, 2.45) is 7.05 Å². The van der Waals surface area contributed by atoms with E-state index in [1.807, 2.05) is 6.26 Å². The van der Waals surface area contributed by atoms with E-state index in [2.05, 4.69) is 26.7 Å². The van der Waals surface area contributed by atoms with Gasteiger partial charge in [0.2, 0.25) is 0 Å². The zero-order valence-electron chi connectivity index (χ0n) is 15.0. The molecule has 2 atom stereocenters. The topological polar surface area (TPSA) is 55.5 Å². The second-order valence-electron chi connectivity index (χ2n) is 7.12. The summed E-state index contributed by atoms with van der Waals surface area (Å²) in [5.41, 5.74) is 0. The van der Waals surface area contributed by atoms with Crippen LogP contribution in [0.3, 0.4) is 0 Å². The molecule has 1 unspecified atom stereocenters. The SMILES string of the molecule is CSc1nnc([C@H]2CCC[NH+](CC(=O)N3CCCCCC3)C2)n1C. The van der Waals surface area contributed by atoms with Gasteiger partial charge in [0.25, 0.3) is 5.91 Å². The van der Waals surface area contributed by atoms with Crippen LogP contribution in [-0.4, -0.2) is 64.6 Å². The first-order valence-electron chi connectivity index (χ1n) is 9.23. The number of nitrogens with zero attached hydrogens (tertiary/aromatic N) is 4. The van der Waals surface area contributed by atoms with Crippen LogP contribution in [-0.2, 0) is 11.8 Å². The molecule has 0 saturated carbocycles. The van der Waals surface area contributed by atoms with Crippen molar-refractivity contribution in [3.05, 3.63) is 5.82 Å². The van der Waals surface area contributed by atoms with E-state index in [1.54, 1.807) is 11.8 Å². The van der Waals surface area contributed by atoms with Crippen molar-refractivity contribution in [3.8, 4) is 0 Å². The number of piperidine rings is 1. The van der Waals surface area contributed by atoms with Gasteiger partial charge in [-0.3, -0.25) is 4.79 Å². The number of quaternary nitrogens is 1. The summed E-state index contributed by atoms with van der Waals surface area (Å²) in [4.78, 5) is 16.2. The number of thioether (sulfide) groups is 1. The summed E-state index contributed by atoms with van der Waals surface area (Å²) in [7, 11) is 2.05. The van der Waals surface area contributed by atoms with E-state index in [4.69, 9.17) is 0 Å². The minimum atomic E-state index is 0.343. The van der Waals surface area contributed by atoms with Gasteiger partial charge >= 0.3 is 0 Å². The Bertz CT molecular complexity index is 553. The number of hydrogen-bond donors (Lipinski definition) is 1. The van der Waals surface area contributed by atoms with Gasteiger partial charge in [0.05, 0.1) is 19.0 Å². The highest BCUT2D eigenvalue weighted by atomic mass is 32.2. The lowest BCUT2D eigenvalue weighted by Crippen LogP contribution is -3.14. The largest absolute Gasteiger partial charge is 0.338 e. The Morgan fingerprint density at radius 3 is 2.62 bits per heavy atom. The predicted octanol–water partition coefficient (Wildman–Crippen LogP) is 0.702. The minimum Gasteiger partial charge on any atom is -0.338 e. The van der Waals surface area contributed by atoms with Crippen LogP contribution in [0.1, 0.15) is 50.3 Å². The lowest BCUT2D eigenvalue weighted by Gasteiger charge is -2.30. The lowest BCUT2D eigenvalue weighted by atomic mass is 9.97. The van der Waals surface area contributed by atoms with Crippen molar-refractivity contribution in [2.75, 3.05) is 39.0 Å². The van der Waals surface area contributed by atoms with Gasteiger partial charge in [0.1, 0.15) is 5.82 Å². The van der Waals surface area contributed by atoms with Crippen molar-refractivity contribution < 1.29 is 9.69 Å². The van der Waals surface area contributed by atoms with E-state index in [0.29, 0.717) is 18.4 Å². The van der Waals surface area contributed by atoms with E-state index in [9.17, 15) is 4.79 Å². The van der Waals surface area contributed by atoms with Crippen molar-refractivity contribution in [1.29, 1.82) is 0 Å². The van der Waals surface area contributed by atoms with Crippen molar-refractivity contribution in [3.63, 3.8) is 0 Å². The second kappa shape index (κ2) is 8.34. The number of nitrogens with one attached hydrogen (secondary N) is 1.